The molecule has 0 saturated heterocycles. The van der Waals surface area contributed by atoms with Gasteiger partial charge >= 0.3 is 0 Å². The monoisotopic (exact) mass is 446 g/mol. The minimum atomic E-state index is -0.576. The van der Waals surface area contributed by atoms with Gasteiger partial charge in [-0.2, -0.15) is 5.10 Å². The van der Waals surface area contributed by atoms with Crippen LogP contribution in [0.4, 0.5) is 10.1 Å². The molecule has 156 valence electrons. The quantitative estimate of drug-likeness (QED) is 0.633. The summed E-state index contributed by atoms with van der Waals surface area (Å²) >= 11 is 7.96. The highest BCUT2D eigenvalue weighted by molar-refractivity contribution is 8.13. The Morgan fingerprint density at radius 2 is 2.20 bits per heavy atom. The van der Waals surface area contributed by atoms with E-state index in [9.17, 15) is 9.18 Å². The molecule has 30 heavy (non-hydrogen) atoms. The van der Waals surface area contributed by atoms with E-state index in [0.29, 0.717) is 21.9 Å². The van der Waals surface area contributed by atoms with Crippen LogP contribution in [0, 0.1) is 12.7 Å². The third kappa shape index (κ3) is 3.52. The summed E-state index contributed by atoms with van der Waals surface area (Å²) in [5.41, 5.74) is 7.50. The summed E-state index contributed by atoms with van der Waals surface area (Å²) in [4.78, 5) is 21.7. The van der Waals surface area contributed by atoms with E-state index in [0.717, 1.165) is 17.7 Å². The predicted octanol–water partition coefficient (Wildman–Crippen LogP) is 3.99. The van der Waals surface area contributed by atoms with E-state index in [-0.39, 0.29) is 16.3 Å². The lowest BCUT2D eigenvalue weighted by Gasteiger charge is -2.30. The fourth-order valence-electron chi connectivity index (χ4n) is 3.57. The van der Waals surface area contributed by atoms with Crippen molar-refractivity contribution in [2.75, 3.05) is 11.1 Å². The number of thioether (sulfide) groups is 1. The Hall–Kier alpha value is -2.65. The number of aliphatic imine (C=N–C) groups is 1. The first kappa shape index (κ1) is 20.6. The zero-order valence-corrected chi connectivity index (χ0v) is 18.2. The molecule has 3 heterocycles. The number of aryl methyl sites for hydroxylation is 2. The second-order valence-electron chi connectivity index (χ2n) is 7.36. The number of pyridine rings is 1. The van der Waals surface area contributed by atoms with E-state index < -0.39 is 17.3 Å². The van der Waals surface area contributed by atoms with E-state index in [1.165, 1.54) is 24.0 Å². The summed E-state index contributed by atoms with van der Waals surface area (Å²) in [6.07, 6.45) is 2.12. The number of benzene rings is 1. The largest absolute Gasteiger partial charge is 0.379 e. The van der Waals surface area contributed by atoms with Crippen LogP contribution < -0.4 is 11.1 Å². The predicted molar refractivity (Wildman–Crippen MR) is 119 cm³/mol. The summed E-state index contributed by atoms with van der Waals surface area (Å²) in [7, 11) is 1.75. The van der Waals surface area contributed by atoms with Gasteiger partial charge in [-0.3, -0.25) is 14.5 Å². The number of hydrogen-bond donors (Lipinski definition) is 2. The van der Waals surface area contributed by atoms with Crippen LogP contribution in [0.15, 0.2) is 29.4 Å². The van der Waals surface area contributed by atoms with Crippen LogP contribution in [0.3, 0.4) is 0 Å². The maximum absolute atomic E-state index is 14.5. The molecule has 1 aliphatic heterocycles. The molecule has 0 aliphatic carbocycles. The molecule has 1 aromatic carbocycles. The zero-order chi connectivity index (χ0) is 21.6. The summed E-state index contributed by atoms with van der Waals surface area (Å²) < 4.78 is 16.1. The van der Waals surface area contributed by atoms with E-state index in [1.807, 2.05) is 6.92 Å². The van der Waals surface area contributed by atoms with Gasteiger partial charge in [0.2, 0.25) is 0 Å². The average Bonchev–Trinajstić information content (AvgIpc) is 2.98. The summed E-state index contributed by atoms with van der Waals surface area (Å²) in [6.45, 7) is 3.73. The number of rotatable bonds is 3. The fourth-order valence-corrected chi connectivity index (χ4v) is 4.90. The maximum Gasteiger partial charge on any atom is 0.258 e. The number of nitrogens with one attached hydrogen (secondary N) is 1. The Bertz CT molecular complexity index is 1210. The summed E-state index contributed by atoms with van der Waals surface area (Å²) in [6, 6.07) is 4.57. The van der Waals surface area contributed by atoms with Crippen molar-refractivity contribution in [1.82, 2.24) is 14.8 Å². The normalized spacial score (nSPS) is 19.0. The molecular weight excluding hydrogens is 427 g/mol. The van der Waals surface area contributed by atoms with Crippen molar-refractivity contribution in [3.63, 3.8) is 0 Å². The Morgan fingerprint density at radius 1 is 1.43 bits per heavy atom. The van der Waals surface area contributed by atoms with E-state index in [2.05, 4.69) is 20.4 Å². The van der Waals surface area contributed by atoms with E-state index >= 15 is 0 Å². The highest BCUT2D eigenvalue weighted by Gasteiger charge is 2.30. The highest BCUT2D eigenvalue weighted by atomic mass is 35.5. The molecule has 0 bridgehead atoms. The molecule has 1 amide bonds. The number of amidine groups is 1. The number of aromatic nitrogens is 3. The van der Waals surface area contributed by atoms with Gasteiger partial charge in [-0.25, -0.2) is 9.37 Å². The zero-order valence-electron chi connectivity index (χ0n) is 16.7. The fraction of sp³-hybridized carbons (Fsp3) is 0.300. The van der Waals surface area contributed by atoms with Gasteiger partial charge in [0.25, 0.3) is 5.91 Å². The topological polar surface area (TPSA) is 98.2 Å². The summed E-state index contributed by atoms with van der Waals surface area (Å²) in [5, 5.41) is 8.22. The Labute approximate surface area is 181 Å². The van der Waals surface area contributed by atoms with Gasteiger partial charge in [0.1, 0.15) is 5.82 Å². The number of nitrogens with two attached hydrogens (primary N) is 1. The Balaban J connectivity index is 1.69. The van der Waals surface area contributed by atoms with E-state index in [4.69, 9.17) is 17.3 Å². The first-order chi connectivity index (χ1) is 14.2. The number of anilines is 1. The van der Waals surface area contributed by atoms with Crippen molar-refractivity contribution in [2.45, 2.75) is 25.8 Å². The van der Waals surface area contributed by atoms with Gasteiger partial charge in [-0.1, -0.05) is 29.4 Å². The van der Waals surface area contributed by atoms with Crippen LogP contribution in [0.1, 0.15) is 35.0 Å². The molecule has 2 aromatic heterocycles. The van der Waals surface area contributed by atoms with Crippen LogP contribution in [-0.4, -0.2) is 31.6 Å². The number of hydrogen-bond acceptors (Lipinski definition) is 6. The minimum absolute atomic E-state index is 0.0461. The second-order valence-corrected chi connectivity index (χ2v) is 8.86. The molecule has 1 unspecified atom stereocenters. The maximum atomic E-state index is 14.5. The number of carbonyl (C=O) groups is 1. The molecule has 0 fully saturated rings. The third-order valence-electron chi connectivity index (χ3n) is 5.24. The summed E-state index contributed by atoms with van der Waals surface area (Å²) in [5.74, 6) is -0.293. The standard InChI is InChI=1S/C20H20ClFN6OS/c1-10-15-16(21)12(9-24-17(15)28(3)27-10)18(29)25-14-8-11(4-5-13(14)22)20(2)6-7-30-19(23)26-20/h4-5,8-9H,6-7H2,1-3H3,(H2,23,26)(H,25,29). The number of fused-ring (bicyclic) bond motifs is 1. The first-order valence-corrected chi connectivity index (χ1v) is 10.6. The lowest BCUT2D eigenvalue weighted by molar-refractivity contribution is 0.102. The number of carbonyl (C=O) groups excluding carboxylic acids is 1. The Morgan fingerprint density at radius 3 is 2.93 bits per heavy atom. The molecule has 0 spiro atoms. The lowest BCUT2D eigenvalue weighted by atomic mass is 9.89. The molecule has 1 aliphatic rings. The van der Waals surface area contributed by atoms with Gasteiger partial charge < -0.3 is 11.1 Å². The third-order valence-corrected chi connectivity index (χ3v) is 6.43. The van der Waals surface area contributed by atoms with Crippen LogP contribution in [0.5, 0.6) is 0 Å². The molecule has 0 saturated carbocycles. The molecule has 1 atom stereocenters. The van der Waals surface area contributed by atoms with Gasteiger partial charge in [0.05, 0.1) is 32.9 Å². The smallest absolute Gasteiger partial charge is 0.258 e. The lowest BCUT2D eigenvalue weighted by Crippen LogP contribution is -2.29. The van der Waals surface area contributed by atoms with Crippen molar-refractivity contribution < 1.29 is 9.18 Å². The minimum Gasteiger partial charge on any atom is -0.379 e. The number of halogens is 2. The van der Waals surface area contributed by atoms with Crippen LogP contribution in [0.2, 0.25) is 5.02 Å². The van der Waals surface area contributed by atoms with Gasteiger partial charge in [0, 0.05) is 19.0 Å². The van der Waals surface area contributed by atoms with Gasteiger partial charge in [-0.05, 0) is 38.0 Å². The second kappa shape index (κ2) is 7.55. The SMILES string of the molecule is Cc1nn(C)c2ncc(C(=O)Nc3cc(C4(C)CCSC(N)=N4)ccc3F)c(Cl)c12. The molecular formula is C20H20ClFN6OS. The van der Waals surface area contributed by atoms with Crippen molar-refractivity contribution >= 4 is 51.2 Å². The van der Waals surface area contributed by atoms with Crippen LogP contribution >= 0.6 is 23.4 Å². The molecule has 3 N–H and O–H groups in total. The van der Waals surface area contributed by atoms with Crippen molar-refractivity contribution in [2.24, 2.45) is 17.8 Å². The average molecular weight is 447 g/mol. The number of amides is 1. The van der Waals surface area contributed by atoms with Gasteiger partial charge in [0.15, 0.2) is 10.8 Å². The molecule has 7 nitrogen and oxygen atoms in total. The molecule has 4 rings (SSSR count). The Kier molecular flexibility index (Phi) is 5.19. The van der Waals surface area contributed by atoms with Crippen LogP contribution in [0.25, 0.3) is 11.0 Å². The van der Waals surface area contributed by atoms with Gasteiger partial charge in [-0.15, -0.1) is 0 Å². The van der Waals surface area contributed by atoms with Crippen molar-refractivity contribution in [1.29, 1.82) is 0 Å². The van der Waals surface area contributed by atoms with Crippen LogP contribution in [-0.2, 0) is 12.6 Å². The highest BCUT2D eigenvalue weighted by Crippen LogP contribution is 2.37. The number of nitrogens with zero attached hydrogens (tertiary/aromatic N) is 4. The van der Waals surface area contributed by atoms with E-state index in [1.54, 1.807) is 30.8 Å². The molecule has 0 radical (unpaired) electrons. The van der Waals surface area contributed by atoms with Crippen molar-refractivity contribution in [3.05, 3.63) is 52.1 Å². The van der Waals surface area contributed by atoms with Crippen molar-refractivity contribution in [3.8, 4) is 0 Å². The molecule has 3 aromatic rings. The molecule has 10 heteroatoms. The first-order valence-electron chi connectivity index (χ1n) is 9.27.